The van der Waals surface area contributed by atoms with Gasteiger partial charge in [0.15, 0.2) is 0 Å². The predicted molar refractivity (Wildman–Crippen MR) is 92.0 cm³/mol. The normalized spacial score (nSPS) is 9.86. The van der Waals surface area contributed by atoms with Crippen molar-refractivity contribution in [2.45, 2.75) is 73.7 Å². The summed E-state index contributed by atoms with van der Waals surface area (Å²) in [5.41, 5.74) is 0. The van der Waals surface area contributed by atoms with Crippen molar-refractivity contribution < 1.29 is 18.9 Å². The first-order chi connectivity index (χ1) is 9.81. The van der Waals surface area contributed by atoms with E-state index in [9.17, 15) is 0 Å². The van der Waals surface area contributed by atoms with Gasteiger partial charge in [-0.3, -0.25) is 0 Å². The van der Waals surface area contributed by atoms with Crippen LogP contribution in [0.25, 0.3) is 0 Å². The van der Waals surface area contributed by atoms with Gasteiger partial charge in [-0.1, -0.05) is 0 Å². The highest BCUT2D eigenvalue weighted by Crippen LogP contribution is 1.89. The van der Waals surface area contributed by atoms with Gasteiger partial charge in [0.25, 0.3) is 0 Å². The minimum atomic E-state index is -0.245. The van der Waals surface area contributed by atoms with E-state index in [4.69, 9.17) is 18.9 Å². The topological polar surface area (TPSA) is 46.2 Å². The SMILES string of the molecule is CC(C)[O][AlH2].CC(C)[O][Al][O]C(C)C.CC[O][Al][O]CC. The Labute approximate surface area is 153 Å². The van der Waals surface area contributed by atoms with E-state index in [1.54, 1.807) is 0 Å². The first kappa shape index (κ1) is 27.3. The standard InChI is InChI=1S/3C3H7O.2C2H5O.3Al.2H/c3*1-3(2)4;2*1-2-3;;;;;/h3*3H,1-2H3;2*2H2,1H3;;;;;/q5*-1;+1;2*+2;;. The smallest absolute Gasteiger partial charge is 0.504 e. The van der Waals surface area contributed by atoms with Crippen LogP contribution in [0.15, 0.2) is 0 Å². The fraction of sp³-hybridized carbons (Fsp3) is 1.00. The zero-order valence-electron chi connectivity index (χ0n) is 15.3. The van der Waals surface area contributed by atoms with Crippen LogP contribution in [0.5, 0.6) is 0 Å². The van der Waals surface area contributed by atoms with E-state index in [2.05, 4.69) is 0 Å². The van der Waals surface area contributed by atoms with Crippen molar-refractivity contribution in [3.05, 3.63) is 0 Å². The molecule has 0 saturated heterocycles. The molecule has 8 heteroatoms. The van der Waals surface area contributed by atoms with Crippen molar-refractivity contribution in [1.29, 1.82) is 0 Å². The van der Waals surface area contributed by atoms with Gasteiger partial charge in [0.1, 0.15) is 0 Å². The molecule has 0 spiro atoms. The minimum absolute atomic E-state index is 0.178. The van der Waals surface area contributed by atoms with Gasteiger partial charge in [-0.25, -0.2) is 0 Å². The first-order valence-electron chi connectivity index (χ1n) is 7.51. The molecule has 0 unspecified atom stereocenters. The lowest BCUT2D eigenvalue weighted by molar-refractivity contribution is 0.152. The molecule has 0 aliphatic heterocycles. The largest absolute Gasteiger partial charge is 0.668 e. The number of rotatable bonds is 9. The fourth-order valence-corrected chi connectivity index (χ4v) is 1.32. The predicted octanol–water partition coefficient (Wildman–Crippen LogP) is 1.92. The third kappa shape index (κ3) is 44.9. The average Bonchev–Trinajstić information content (AvgIpc) is 2.40. The van der Waals surface area contributed by atoms with E-state index >= 15 is 0 Å². The molecule has 124 valence electrons. The summed E-state index contributed by atoms with van der Waals surface area (Å²) in [7, 11) is 0. The molecule has 0 fully saturated rings. The maximum Gasteiger partial charge on any atom is 0.668 e. The summed E-state index contributed by atoms with van der Waals surface area (Å²) in [4.78, 5) is 0. The highest BCUT2D eigenvalue weighted by molar-refractivity contribution is 6.18. The molecule has 21 heavy (non-hydrogen) atoms. The Hall–Kier alpha value is 1.40. The van der Waals surface area contributed by atoms with Crippen LogP contribution in [-0.2, 0) is 18.9 Å². The van der Waals surface area contributed by atoms with Gasteiger partial charge in [-0.15, -0.1) is 0 Å². The Morgan fingerprint density at radius 1 is 0.714 bits per heavy atom. The van der Waals surface area contributed by atoms with E-state index in [-0.39, 0.29) is 31.8 Å². The van der Waals surface area contributed by atoms with Crippen molar-refractivity contribution in [3.63, 3.8) is 0 Å². The second-order valence-corrected chi connectivity index (χ2v) is 6.82. The molecular formula is C13H33Al3O5. The molecule has 0 aliphatic rings. The van der Waals surface area contributed by atoms with Crippen LogP contribution in [0.4, 0.5) is 0 Å². The molecular weight excluding hydrogens is 317 g/mol. The maximum absolute atomic E-state index is 5.21. The van der Waals surface area contributed by atoms with Gasteiger partial charge in [0.05, 0.1) is 0 Å². The van der Waals surface area contributed by atoms with Crippen molar-refractivity contribution >= 4 is 48.4 Å². The summed E-state index contributed by atoms with van der Waals surface area (Å²) in [5.74, 6) is 0. The molecule has 0 heterocycles. The molecule has 2 radical (unpaired) electrons. The van der Waals surface area contributed by atoms with Crippen molar-refractivity contribution in [2.75, 3.05) is 13.2 Å². The molecule has 5 nitrogen and oxygen atoms in total. The number of hydrogen-bond donors (Lipinski definition) is 0. The van der Waals surface area contributed by atoms with Crippen LogP contribution >= 0.6 is 0 Å². The van der Waals surface area contributed by atoms with Crippen molar-refractivity contribution in [1.82, 2.24) is 0 Å². The van der Waals surface area contributed by atoms with Crippen LogP contribution in [0.2, 0.25) is 0 Å². The highest BCUT2D eigenvalue weighted by Gasteiger charge is 2.01. The van der Waals surface area contributed by atoms with E-state index < -0.39 is 0 Å². The zero-order valence-corrected chi connectivity index (χ0v) is 19.7. The monoisotopic (exact) mass is 350 g/mol. The van der Waals surface area contributed by atoms with Crippen molar-refractivity contribution in [2.24, 2.45) is 0 Å². The van der Waals surface area contributed by atoms with Gasteiger partial charge in [-0.2, -0.15) is 0 Å². The van der Waals surface area contributed by atoms with Crippen LogP contribution in [0, 0.1) is 0 Å². The number of hydrogen-bond acceptors (Lipinski definition) is 5. The van der Waals surface area contributed by atoms with E-state index in [1.807, 2.05) is 55.4 Å². The van der Waals surface area contributed by atoms with Crippen LogP contribution in [0.1, 0.15) is 55.4 Å². The lowest BCUT2D eigenvalue weighted by atomic mass is 10.5. The molecule has 0 aromatic carbocycles. The Kier molecular flexibility index (Phi) is 30.7. The fourth-order valence-electron chi connectivity index (χ4n) is 0.438. The Balaban J connectivity index is -0.000000242. The molecule has 0 aromatic heterocycles. The summed E-state index contributed by atoms with van der Waals surface area (Å²) < 4.78 is 25.2. The Morgan fingerprint density at radius 2 is 1.05 bits per heavy atom. The quantitative estimate of drug-likeness (QED) is 0.470. The Morgan fingerprint density at radius 3 is 1.24 bits per heavy atom. The third-order valence-electron chi connectivity index (χ3n) is 1.60. The zero-order chi connectivity index (χ0) is 17.1. The summed E-state index contributed by atoms with van der Waals surface area (Å²) in [6.07, 6.45) is 1.05. The van der Waals surface area contributed by atoms with Gasteiger partial charge in [0.2, 0.25) is 0 Å². The van der Waals surface area contributed by atoms with E-state index in [0.29, 0.717) is 18.3 Å². The molecule has 0 amide bonds. The summed E-state index contributed by atoms with van der Waals surface area (Å²) in [5, 5.41) is 0. The van der Waals surface area contributed by atoms with Gasteiger partial charge in [0, 0.05) is 31.5 Å². The second kappa shape index (κ2) is 23.7. The van der Waals surface area contributed by atoms with Gasteiger partial charge < -0.3 is 18.9 Å². The van der Waals surface area contributed by atoms with Crippen LogP contribution in [-0.4, -0.2) is 79.9 Å². The summed E-state index contributed by atoms with van der Waals surface area (Å²) in [6.45, 7) is 17.6. The highest BCUT2D eigenvalue weighted by atomic mass is 27.2. The second-order valence-electron chi connectivity index (χ2n) is 4.76. The molecule has 0 saturated carbocycles. The molecule has 0 bridgehead atoms. The van der Waals surface area contributed by atoms with Gasteiger partial charge >= 0.3 is 48.4 Å². The summed E-state index contributed by atoms with van der Waals surface area (Å²) in [6, 6.07) is 0. The van der Waals surface area contributed by atoms with E-state index in [1.165, 1.54) is 0 Å². The van der Waals surface area contributed by atoms with Crippen LogP contribution < -0.4 is 0 Å². The molecule has 0 rings (SSSR count). The minimum Gasteiger partial charge on any atom is -0.504 e. The molecule has 0 N–H and O–H groups in total. The molecule has 0 aliphatic carbocycles. The first-order valence-corrected chi connectivity index (χ1v) is 10.2. The third-order valence-corrected chi connectivity index (χ3v) is 4.79. The maximum atomic E-state index is 5.21. The van der Waals surface area contributed by atoms with Gasteiger partial charge in [-0.05, 0) is 55.4 Å². The lowest BCUT2D eigenvalue weighted by Gasteiger charge is -2.09. The molecule has 0 atom stereocenters. The molecule has 0 aromatic rings. The van der Waals surface area contributed by atoms with Crippen LogP contribution in [0.3, 0.4) is 0 Å². The lowest BCUT2D eigenvalue weighted by Crippen LogP contribution is -2.14. The van der Waals surface area contributed by atoms with Crippen molar-refractivity contribution in [3.8, 4) is 0 Å². The van der Waals surface area contributed by atoms with E-state index in [0.717, 1.165) is 29.8 Å². The Bertz CT molecular complexity index is 160. The summed E-state index contributed by atoms with van der Waals surface area (Å²) >= 11 is 0.450. The average molecular weight is 350 g/mol.